The summed E-state index contributed by atoms with van der Waals surface area (Å²) >= 11 is 0. The first kappa shape index (κ1) is 20.9. The zero-order chi connectivity index (χ0) is 21.7. The third-order valence-electron chi connectivity index (χ3n) is 4.22. The van der Waals surface area contributed by atoms with Crippen molar-refractivity contribution in [1.29, 1.82) is 5.26 Å². The fraction of sp³-hybridized carbons (Fsp3) is 0.136. The van der Waals surface area contributed by atoms with Crippen LogP contribution >= 0.6 is 0 Å². The van der Waals surface area contributed by atoms with Gasteiger partial charge in [-0.15, -0.1) is 0 Å². The second-order valence-electron chi connectivity index (χ2n) is 6.15. The van der Waals surface area contributed by atoms with Crippen molar-refractivity contribution in [2.24, 2.45) is 0 Å². The molecule has 2 aromatic carbocycles. The maximum Gasteiger partial charge on any atom is 0.417 e. The number of hydrogen-bond acceptors (Lipinski definition) is 5. The minimum Gasteiger partial charge on any atom is -0.497 e. The van der Waals surface area contributed by atoms with Crippen LogP contribution in [0.25, 0.3) is 11.3 Å². The topological polar surface area (TPSA) is 72.2 Å². The van der Waals surface area contributed by atoms with Crippen LogP contribution in [0.3, 0.4) is 0 Å². The van der Waals surface area contributed by atoms with Gasteiger partial charge in [-0.25, -0.2) is 4.98 Å². The fourth-order valence-corrected chi connectivity index (χ4v) is 2.71. The summed E-state index contributed by atoms with van der Waals surface area (Å²) in [5.74, 6) is -0.486. The van der Waals surface area contributed by atoms with E-state index >= 15 is 0 Å². The fourth-order valence-electron chi connectivity index (χ4n) is 2.71. The Morgan fingerprint density at radius 3 is 2.33 bits per heavy atom. The van der Waals surface area contributed by atoms with Crippen LogP contribution < -0.4 is 9.47 Å². The molecule has 0 amide bonds. The lowest BCUT2D eigenvalue weighted by molar-refractivity contribution is -0.137. The quantitative estimate of drug-likeness (QED) is 0.538. The van der Waals surface area contributed by atoms with E-state index in [0.29, 0.717) is 16.9 Å². The SMILES string of the molecule is COc1ccc(-c2cc(C(F)(F)F)c(C#N)c(OCC(=O)c3ccccc3)n2)cc1. The third kappa shape index (κ3) is 4.58. The molecule has 0 unspecified atom stereocenters. The number of nitrogens with zero attached hydrogens (tertiary/aromatic N) is 2. The molecule has 152 valence electrons. The number of Topliss-reactive ketones (excluding diaryl/α,β-unsaturated/α-hetero) is 1. The lowest BCUT2D eigenvalue weighted by atomic mass is 10.0. The molecule has 0 radical (unpaired) electrons. The predicted molar refractivity (Wildman–Crippen MR) is 102 cm³/mol. The highest BCUT2D eigenvalue weighted by atomic mass is 19.4. The summed E-state index contributed by atoms with van der Waals surface area (Å²) in [6.45, 7) is -0.560. The van der Waals surface area contributed by atoms with E-state index in [9.17, 15) is 23.2 Å². The van der Waals surface area contributed by atoms with E-state index in [2.05, 4.69) is 4.98 Å². The minimum atomic E-state index is -4.81. The van der Waals surface area contributed by atoms with Crippen molar-refractivity contribution < 1.29 is 27.4 Å². The number of methoxy groups -OCH3 is 1. The molecular weight excluding hydrogens is 397 g/mol. The van der Waals surface area contributed by atoms with Gasteiger partial charge in [0.1, 0.15) is 17.4 Å². The number of aromatic nitrogens is 1. The summed E-state index contributed by atoms with van der Waals surface area (Å²) in [6.07, 6.45) is -4.81. The van der Waals surface area contributed by atoms with Gasteiger partial charge in [-0.1, -0.05) is 30.3 Å². The summed E-state index contributed by atoms with van der Waals surface area (Å²) in [5, 5.41) is 9.30. The summed E-state index contributed by atoms with van der Waals surface area (Å²) in [6, 6.07) is 16.6. The average molecular weight is 412 g/mol. The lowest BCUT2D eigenvalue weighted by Crippen LogP contribution is -2.16. The smallest absolute Gasteiger partial charge is 0.417 e. The highest BCUT2D eigenvalue weighted by Gasteiger charge is 2.36. The number of carbonyl (C=O) groups is 1. The number of ether oxygens (including phenoxy) is 2. The molecule has 0 N–H and O–H groups in total. The molecule has 30 heavy (non-hydrogen) atoms. The second kappa shape index (κ2) is 8.66. The van der Waals surface area contributed by atoms with Crippen molar-refractivity contribution in [1.82, 2.24) is 4.98 Å². The van der Waals surface area contributed by atoms with E-state index in [4.69, 9.17) is 9.47 Å². The van der Waals surface area contributed by atoms with Crippen molar-refractivity contribution in [2.75, 3.05) is 13.7 Å². The highest BCUT2D eigenvalue weighted by molar-refractivity contribution is 5.97. The molecule has 3 aromatic rings. The first-order valence-corrected chi connectivity index (χ1v) is 8.71. The number of rotatable bonds is 6. The molecule has 5 nitrogen and oxygen atoms in total. The van der Waals surface area contributed by atoms with E-state index < -0.39 is 35.6 Å². The van der Waals surface area contributed by atoms with Gasteiger partial charge in [0.15, 0.2) is 12.4 Å². The lowest BCUT2D eigenvalue weighted by Gasteiger charge is -2.15. The largest absolute Gasteiger partial charge is 0.497 e. The van der Waals surface area contributed by atoms with Gasteiger partial charge in [0.05, 0.1) is 18.4 Å². The number of ketones is 1. The van der Waals surface area contributed by atoms with Crippen LogP contribution in [0.2, 0.25) is 0 Å². The summed E-state index contributed by atoms with van der Waals surface area (Å²) in [5.41, 5.74) is -1.32. The van der Waals surface area contributed by atoms with Gasteiger partial charge in [0, 0.05) is 11.1 Å². The maximum atomic E-state index is 13.6. The zero-order valence-electron chi connectivity index (χ0n) is 15.7. The Morgan fingerprint density at radius 1 is 1.10 bits per heavy atom. The molecular formula is C22H15F3N2O3. The number of pyridine rings is 1. The highest BCUT2D eigenvalue weighted by Crippen LogP contribution is 2.37. The van der Waals surface area contributed by atoms with E-state index in [-0.39, 0.29) is 5.69 Å². The Labute approximate surface area is 170 Å². The molecule has 0 aliphatic heterocycles. The van der Waals surface area contributed by atoms with Crippen LogP contribution in [0.4, 0.5) is 13.2 Å². The van der Waals surface area contributed by atoms with Crippen molar-refractivity contribution in [3.8, 4) is 29.0 Å². The van der Waals surface area contributed by atoms with Crippen LogP contribution in [0.15, 0.2) is 60.7 Å². The Bertz CT molecular complexity index is 1090. The van der Waals surface area contributed by atoms with Crippen LogP contribution in [0, 0.1) is 11.3 Å². The first-order valence-electron chi connectivity index (χ1n) is 8.71. The van der Waals surface area contributed by atoms with Gasteiger partial charge in [-0.2, -0.15) is 18.4 Å². The van der Waals surface area contributed by atoms with Crippen molar-refractivity contribution in [2.45, 2.75) is 6.18 Å². The molecule has 0 saturated carbocycles. The number of carbonyl (C=O) groups excluding carboxylic acids is 1. The van der Waals surface area contributed by atoms with Crippen LogP contribution in [0.5, 0.6) is 11.6 Å². The molecule has 0 spiro atoms. The molecule has 8 heteroatoms. The van der Waals surface area contributed by atoms with Gasteiger partial charge in [0.2, 0.25) is 5.88 Å². The monoisotopic (exact) mass is 412 g/mol. The number of hydrogen-bond donors (Lipinski definition) is 0. The van der Waals surface area contributed by atoms with Gasteiger partial charge in [-0.05, 0) is 30.3 Å². The van der Waals surface area contributed by atoms with Crippen molar-refractivity contribution in [3.63, 3.8) is 0 Å². The Kier molecular flexibility index (Phi) is 6.02. The molecule has 0 saturated heterocycles. The Morgan fingerprint density at radius 2 is 1.77 bits per heavy atom. The summed E-state index contributed by atoms with van der Waals surface area (Å²) < 4.78 is 51.0. The first-order chi connectivity index (χ1) is 14.3. The number of nitriles is 1. The number of halogens is 3. The minimum absolute atomic E-state index is 0.0499. The molecule has 0 bridgehead atoms. The van der Waals surface area contributed by atoms with Crippen LogP contribution in [-0.4, -0.2) is 24.5 Å². The molecule has 0 fully saturated rings. The number of alkyl halides is 3. The van der Waals surface area contributed by atoms with Gasteiger partial charge >= 0.3 is 6.18 Å². The molecule has 1 heterocycles. The summed E-state index contributed by atoms with van der Waals surface area (Å²) in [4.78, 5) is 16.3. The van der Waals surface area contributed by atoms with Crippen LogP contribution in [-0.2, 0) is 6.18 Å². The third-order valence-corrected chi connectivity index (χ3v) is 4.22. The molecule has 0 aliphatic carbocycles. The second-order valence-corrected chi connectivity index (χ2v) is 6.15. The molecule has 1 aromatic heterocycles. The molecule has 3 rings (SSSR count). The van der Waals surface area contributed by atoms with Gasteiger partial charge in [-0.3, -0.25) is 4.79 Å². The average Bonchev–Trinajstić information content (AvgIpc) is 2.76. The van der Waals surface area contributed by atoms with Crippen molar-refractivity contribution >= 4 is 5.78 Å². The normalized spacial score (nSPS) is 10.9. The van der Waals surface area contributed by atoms with E-state index in [1.54, 1.807) is 42.5 Å². The van der Waals surface area contributed by atoms with Gasteiger partial charge in [0.25, 0.3) is 0 Å². The standard InChI is InChI=1S/C22H15F3N2O3/c1-29-16-9-7-14(8-10-16)19-11-18(22(23,24)25)17(12-26)21(27-19)30-13-20(28)15-5-3-2-4-6-15/h2-11H,13H2,1H3. The van der Waals surface area contributed by atoms with Crippen molar-refractivity contribution in [3.05, 3.63) is 77.4 Å². The summed E-state index contributed by atoms with van der Waals surface area (Å²) in [7, 11) is 1.46. The Hall–Kier alpha value is -3.86. The van der Waals surface area contributed by atoms with Gasteiger partial charge < -0.3 is 9.47 Å². The Balaban J connectivity index is 2.01. The number of benzene rings is 2. The van der Waals surface area contributed by atoms with Crippen LogP contribution in [0.1, 0.15) is 21.5 Å². The zero-order valence-corrected chi connectivity index (χ0v) is 15.7. The van der Waals surface area contributed by atoms with E-state index in [0.717, 1.165) is 6.07 Å². The van der Waals surface area contributed by atoms with E-state index in [1.807, 2.05) is 0 Å². The molecule has 0 aliphatic rings. The maximum absolute atomic E-state index is 13.6. The predicted octanol–water partition coefficient (Wildman–Crippen LogP) is 4.91. The molecule has 0 atom stereocenters. The van der Waals surface area contributed by atoms with E-state index in [1.165, 1.54) is 25.3 Å².